The van der Waals surface area contributed by atoms with E-state index >= 15 is 0 Å². The van der Waals surface area contributed by atoms with Gasteiger partial charge in [0.05, 0.1) is 5.71 Å². The second-order valence-electron chi connectivity index (χ2n) is 4.48. The third-order valence-corrected chi connectivity index (χ3v) is 3.07. The minimum atomic E-state index is -0.0516. The van der Waals surface area contributed by atoms with Crippen molar-refractivity contribution in [2.45, 2.75) is 13.3 Å². The van der Waals surface area contributed by atoms with Gasteiger partial charge in [-0.2, -0.15) is 5.10 Å². The number of amides is 1. The van der Waals surface area contributed by atoms with Gasteiger partial charge in [0.15, 0.2) is 0 Å². The number of nitrogens with one attached hydrogen (secondary N) is 1. The Balaban J connectivity index is 2.09. The van der Waals surface area contributed by atoms with E-state index in [2.05, 4.69) is 20.5 Å². The lowest BCUT2D eigenvalue weighted by Gasteiger charge is -2.20. The van der Waals surface area contributed by atoms with Gasteiger partial charge in [0.1, 0.15) is 12.1 Å². The zero-order valence-electron chi connectivity index (χ0n) is 10.4. The van der Waals surface area contributed by atoms with E-state index in [-0.39, 0.29) is 11.8 Å². The highest BCUT2D eigenvalue weighted by Crippen LogP contribution is 2.20. The van der Waals surface area contributed by atoms with Crippen LogP contribution in [0.5, 0.6) is 0 Å². The van der Waals surface area contributed by atoms with Crippen molar-refractivity contribution in [3.05, 3.63) is 42.6 Å². The molecule has 96 valence electrons. The third kappa shape index (κ3) is 2.12. The minimum Gasteiger partial charge on any atom is -0.290 e. The molecule has 2 aromatic rings. The summed E-state index contributed by atoms with van der Waals surface area (Å²) in [5.74, 6) is 0.784. The number of carbonyl (C=O) groups excluding carboxylic acids is 1. The van der Waals surface area contributed by atoms with Crippen molar-refractivity contribution in [3.63, 3.8) is 0 Å². The Kier molecular flexibility index (Phi) is 2.83. The van der Waals surface area contributed by atoms with E-state index in [1.807, 2.05) is 29.8 Å². The number of aromatic nitrogens is 3. The summed E-state index contributed by atoms with van der Waals surface area (Å²) in [4.78, 5) is 19.7. The molecule has 1 atom stereocenters. The van der Waals surface area contributed by atoms with E-state index in [4.69, 9.17) is 0 Å². The van der Waals surface area contributed by atoms with Crippen molar-refractivity contribution in [1.82, 2.24) is 20.0 Å². The van der Waals surface area contributed by atoms with Crippen LogP contribution in [0.15, 0.2) is 42.2 Å². The van der Waals surface area contributed by atoms with Gasteiger partial charge in [-0.05, 0) is 12.1 Å². The quantitative estimate of drug-likeness (QED) is 0.874. The molecule has 0 radical (unpaired) electrons. The van der Waals surface area contributed by atoms with E-state index in [0.29, 0.717) is 6.42 Å². The first kappa shape index (κ1) is 11.6. The Bertz CT molecular complexity index is 632. The van der Waals surface area contributed by atoms with E-state index < -0.39 is 0 Å². The van der Waals surface area contributed by atoms with Crippen LogP contribution in [0.1, 0.15) is 18.9 Å². The number of hydrogen-bond donors (Lipinski definition) is 1. The molecule has 0 bridgehead atoms. The van der Waals surface area contributed by atoms with Crippen LogP contribution < -0.4 is 5.43 Å². The van der Waals surface area contributed by atoms with Crippen LogP contribution in [-0.4, -0.2) is 26.2 Å². The molecule has 3 rings (SSSR count). The van der Waals surface area contributed by atoms with Crippen molar-refractivity contribution < 1.29 is 4.79 Å². The molecule has 0 spiro atoms. The minimum absolute atomic E-state index is 0.0516. The van der Waals surface area contributed by atoms with Crippen LogP contribution in [-0.2, 0) is 4.79 Å². The summed E-state index contributed by atoms with van der Waals surface area (Å²) in [5, 5.41) is 4.18. The third-order valence-electron chi connectivity index (χ3n) is 3.07. The van der Waals surface area contributed by atoms with Crippen LogP contribution in [0.2, 0.25) is 0 Å². The Labute approximate surface area is 110 Å². The van der Waals surface area contributed by atoms with E-state index in [1.165, 1.54) is 0 Å². The summed E-state index contributed by atoms with van der Waals surface area (Å²) in [6.45, 7) is 1.99. The highest BCUT2D eigenvalue weighted by Gasteiger charge is 2.24. The lowest BCUT2D eigenvalue weighted by molar-refractivity contribution is -0.121. The normalized spacial score (nSPS) is 18.9. The fourth-order valence-electron chi connectivity index (χ4n) is 2.17. The van der Waals surface area contributed by atoms with Gasteiger partial charge in [-0.15, -0.1) is 0 Å². The fraction of sp³-hybridized carbons (Fsp3) is 0.231. The summed E-state index contributed by atoms with van der Waals surface area (Å²) >= 11 is 0. The first-order valence-electron chi connectivity index (χ1n) is 6.06. The lowest BCUT2D eigenvalue weighted by atomic mass is 9.94. The lowest BCUT2D eigenvalue weighted by Crippen LogP contribution is -2.32. The zero-order valence-corrected chi connectivity index (χ0v) is 10.4. The summed E-state index contributed by atoms with van der Waals surface area (Å²) < 4.78 is 1.83. The fourth-order valence-corrected chi connectivity index (χ4v) is 2.17. The van der Waals surface area contributed by atoms with E-state index in [9.17, 15) is 4.79 Å². The molecular formula is C13H13N5O. The van der Waals surface area contributed by atoms with E-state index in [0.717, 1.165) is 17.1 Å². The van der Waals surface area contributed by atoms with Gasteiger partial charge in [-0.3, -0.25) is 9.36 Å². The Morgan fingerprint density at radius 1 is 1.42 bits per heavy atom. The molecule has 0 fully saturated rings. The van der Waals surface area contributed by atoms with Gasteiger partial charge in [0, 0.05) is 36.5 Å². The summed E-state index contributed by atoms with van der Waals surface area (Å²) in [5.41, 5.74) is 4.28. The molecule has 19 heavy (non-hydrogen) atoms. The first-order valence-corrected chi connectivity index (χ1v) is 6.06. The number of imidazole rings is 1. The van der Waals surface area contributed by atoms with Crippen LogP contribution >= 0.6 is 0 Å². The zero-order chi connectivity index (χ0) is 13.2. The molecular weight excluding hydrogens is 242 g/mol. The average molecular weight is 255 g/mol. The molecule has 0 aromatic carbocycles. The molecule has 1 amide bonds. The second-order valence-corrected chi connectivity index (χ2v) is 4.48. The van der Waals surface area contributed by atoms with Gasteiger partial charge in [-0.1, -0.05) is 6.92 Å². The highest BCUT2D eigenvalue weighted by atomic mass is 16.2. The van der Waals surface area contributed by atoms with Crippen LogP contribution in [0, 0.1) is 5.92 Å². The van der Waals surface area contributed by atoms with Crippen molar-refractivity contribution in [3.8, 4) is 5.82 Å². The maximum absolute atomic E-state index is 11.3. The molecule has 2 aromatic heterocycles. The number of nitrogens with zero attached hydrogens (tertiary/aromatic N) is 4. The SMILES string of the molecule is CC1CC(=O)NN=C1c1cccnc1-n1ccnc1. The smallest absolute Gasteiger partial charge is 0.240 e. The number of pyridine rings is 1. The van der Waals surface area contributed by atoms with Crippen LogP contribution in [0.4, 0.5) is 0 Å². The predicted octanol–water partition coefficient (Wildman–Crippen LogP) is 1.13. The van der Waals surface area contributed by atoms with Crippen molar-refractivity contribution in [2.75, 3.05) is 0 Å². The molecule has 6 heteroatoms. The molecule has 1 aliphatic heterocycles. The summed E-state index contributed by atoms with van der Waals surface area (Å²) in [6, 6.07) is 3.82. The highest BCUT2D eigenvalue weighted by molar-refractivity contribution is 6.07. The molecule has 6 nitrogen and oxygen atoms in total. The Hall–Kier alpha value is -2.50. The summed E-state index contributed by atoms with van der Waals surface area (Å²) in [7, 11) is 0. The van der Waals surface area contributed by atoms with Crippen molar-refractivity contribution in [1.29, 1.82) is 0 Å². The number of hydrogen-bond acceptors (Lipinski definition) is 4. The maximum Gasteiger partial charge on any atom is 0.240 e. The molecule has 1 unspecified atom stereocenters. The van der Waals surface area contributed by atoms with Crippen LogP contribution in [0.25, 0.3) is 5.82 Å². The molecule has 1 aliphatic rings. The van der Waals surface area contributed by atoms with Gasteiger partial charge < -0.3 is 0 Å². The van der Waals surface area contributed by atoms with E-state index in [1.54, 1.807) is 18.7 Å². The second kappa shape index (κ2) is 4.64. The Morgan fingerprint density at radius 3 is 3.05 bits per heavy atom. The summed E-state index contributed by atoms with van der Waals surface area (Å²) in [6.07, 6.45) is 7.39. The molecule has 0 saturated heterocycles. The predicted molar refractivity (Wildman–Crippen MR) is 69.8 cm³/mol. The van der Waals surface area contributed by atoms with Gasteiger partial charge in [0.2, 0.25) is 5.91 Å². The first-order chi connectivity index (χ1) is 9.25. The monoisotopic (exact) mass is 255 g/mol. The Morgan fingerprint density at radius 2 is 2.32 bits per heavy atom. The molecule has 0 aliphatic carbocycles. The molecule has 1 N–H and O–H groups in total. The van der Waals surface area contributed by atoms with Gasteiger partial charge in [0.25, 0.3) is 0 Å². The topological polar surface area (TPSA) is 72.2 Å². The number of rotatable bonds is 2. The number of hydrazone groups is 1. The van der Waals surface area contributed by atoms with Crippen LogP contribution in [0.3, 0.4) is 0 Å². The standard InChI is InChI=1S/C13H13N5O/c1-9-7-11(19)16-17-12(9)10-3-2-4-15-13(10)18-6-5-14-8-18/h2-6,8-9H,7H2,1H3,(H,16,19). The van der Waals surface area contributed by atoms with Gasteiger partial charge >= 0.3 is 0 Å². The van der Waals surface area contributed by atoms with Crippen molar-refractivity contribution >= 4 is 11.6 Å². The van der Waals surface area contributed by atoms with Crippen molar-refractivity contribution in [2.24, 2.45) is 11.0 Å². The largest absolute Gasteiger partial charge is 0.290 e. The van der Waals surface area contributed by atoms with Gasteiger partial charge in [-0.25, -0.2) is 15.4 Å². The number of carbonyl (C=O) groups is 1. The molecule has 3 heterocycles. The maximum atomic E-state index is 11.3. The average Bonchev–Trinajstić information content (AvgIpc) is 2.93. The molecule has 0 saturated carbocycles.